The maximum absolute atomic E-state index is 11.5. The van der Waals surface area contributed by atoms with E-state index in [1.165, 1.54) is 5.56 Å². The Morgan fingerprint density at radius 2 is 2.05 bits per heavy atom. The molecule has 0 spiro atoms. The predicted octanol–water partition coefficient (Wildman–Crippen LogP) is 3.11. The molecule has 2 rings (SSSR count). The molecule has 0 fully saturated rings. The lowest BCUT2D eigenvalue weighted by molar-refractivity contribution is -0.138. The third kappa shape index (κ3) is 3.19. The lowest BCUT2D eigenvalue weighted by Gasteiger charge is -2.14. The maximum atomic E-state index is 11.5. The minimum Gasteiger partial charge on any atom is -0.481 e. The molecule has 1 aromatic carbocycles. The van der Waals surface area contributed by atoms with E-state index in [1.807, 2.05) is 44.2 Å². The van der Waals surface area contributed by atoms with E-state index in [-0.39, 0.29) is 0 Å². The standard InChI is InChI=1S/C16H17NO2/c1-11-5-6-14(8-12(11)2)15(16(18)19)9-13-4-3-7-17-10-13/h3-8,10,15H,9H2,1-2H3,(H,18,19). The zero-order chi connectivity index (χ0) is 13.8. The Kier molecular flexibility index (Phi) is 3.95. The lowest BCUT2D eigenvalue weighted by atomic mass is 9.91. The van der Waals surface area contributed by atoms with Gasteiger partial charge in [0.05, 0.1) is 5.92 Å². The Morgan fingerprint density at radius 3 is 2.63 bits per heavy atom. The van der Waals surface area contributed by atoms with Crippen LogP contribution in [0.15, 0.2) is 42.7 Å². The quantitative estimate of drug-likeness (QED) is 0.913. The molecule has 0 saturated carbocycles. The SMILES string of the molecule is Cc1ccc(C(Cc2cccnc2)C(=O)O)cc1C. The monoisotopic (exact) mass is 255 g/mol. The average molecular weight is 255 g/mol. The molecule has 1 N–H and O–H groups in total. The van der Waals surface area contributed by atoms with Gasteiger partial charge in [-0.15, -0.1) is 0 Å². The molecule has 1 atom stereocenters. The molecule has 3 nitrogen and oxygen atoms in total. The summed E-state index contributed by atoms with van der Waals surface area (Å²) in [5.74, 6) is -1.32. The summed E-state index contributed by atoms with van der Waals surface area (Å²) in [5, 5.41) is 9.43. The fraction of sp³-hybridized carbons (Fsp3) is 0.250. The van der Waals surface area contributed by atoms with Gasteiger partial charge in [-0.05, 0) is 48.6 Å². The number of hydrogen-bond donors (Lipinski definition) is 1. The van der Waals surface area contributed by atoms with Crippen LogP contribution in [0.1, 0.15) is 28.2 Å². The van der Waals surface area contributed by atoms with Crippen molar-refractivity contribution in [1.29, 1.82) is 0 Å². The fourth-order valence-corrected chi connectivity index (χ4v) is 2.08. The van der Waals surface area contributed by atoms with Crippen molar-refractivity contribution >= 4 is 5.97 Å². The Labute approximate surface area is 112 Å². The second kappa shape index (κ2) is 5.65. The number of nitrogens with zero attached hydrogens (tertiary/aromatic N) is 1. The van der Waals surface area contributed by atoms with Crippen molar-refractivity contribution in [3.63, 3.8) is 0 Å². The van der Waals surface area contributed by atoms with Crippen LogP contribution >= 0.6 is 0 Å². The molecule has 0 amide bonds. The maximum Gasteiger partial charge on any atom is 0.311 e. The van der Waals surface area contributed by atoms with Gasteiger partial charge < -0.3 is 5.11 Å². The van der Waals surface area contributed by atoms with E-state index in [4.69, 9.17) is 0 Å². The van der Waals surface area contributed by atoms with Crippen LogP contribution in [-0.4, -0.2) is 16.1 Å². The summed E-state index contributed by atoms with van der Waals surface area (Å²) in [5.41, 5.74) is 4.08. The molecule has 0 aliphatic heterocycles. The Morgan fingerprint density at radius 1 is 1.26 bits per heavy atom. The first-order chi connectivity index (χ1) is 9.08. The van der Waals surface area contributed by atoms with Crippen molar-refractivity contribution in [2.45, 2.75) is 26.2 Å². The highest BCUT2D eigenvalue weighted by atomic mass is 16.4. The van der Waals surface area contributed by atoms with Crippen LogP contribution in [0.2, 0.25) is 0 Å². The van der Waals surface area contributed by atoms with Gasteiger partial charge in [-0.3, -0.25) is 9.78 Å². The summed E-state index contributed by atoms with van der Waals surface area (Å²) in [6, 6.07) is 9.57. The summed E-state index contributed by atoms with van der Waals surface area (Å²) in [7, 11) is 0. The van der Waals surface area contributed by atoms with Gasteiger partial charge in [0.15, 0.2) is 0 Å². The highest BCUT2D eigenvalue weighted by Gasteiger charge is 2.20. The number of benzene rings is 1. The summed E-state index contributed by atoms with van der Waals surface area (Å²) in [6.45, 7) is 4.03. The van der Waals surface area contributed by atoms with Crippen LogP contribution in [0.5, 0.6) is 0 Å². The third-order valence-corrected chi connectivity index (χ3v) is 3.39. The van der Waals surface area contributed by atoms with Gasteiger partial charge in [0.1, 0.15) is 0 Å². The number of carbonyl (C=O) groups is 1. The van der Waals surface area contributed by atoms with Gasteiger partial charge in [0.25, 0.3) is 0 Å². The molecule has 19 heavy (non-hydrogen) atoms. The minimum absolute atomic E-state index is 0.464. The number of aryl methyl sites for hydroxylation is 2. The second-order valence-corrected chi connectivity index (χ2v) is 4.80. The summed E-state index contributed by atoms with van der Waals surface area (Å²) < 4.78 is 0. The van der Waals surface area contributed by atoms with Crippen LogP contribution in [0.25, 0.3) is 0 Å². The lowest BCUT2D eigenvalue weighted by Crippen LogP contribution is -2.14. The number of hydrogen-bond acceptors (Lipinski definition) is 2. The highest BCUT2D eigenvalue weighted by Crippen LogP contribution is 2.23. The zero-order valence-corrected chi connectivity index (χ0v) is 11.1. The molecular weight excluding hydrogens is 238 g/mol. The topological polar surface area (TPSA) is 50.2 Å². The van der Waals surface area contributed by atoms with Crippen molar-refractivity contribution < 1.29 is 9.90 Å². The van der Waals surface area contributed by atoms with Crippen LogP contribution in [-0.2, 0) is 11.2 Å². The van der Waals surface area contributed by atoms with Crippen molar-refractivity contribution in [3.8, 4) is 0 Å². The predicted molar refractivity (Wildman–Crippen MR) is 74.2 cm³/mol. The van der Waals surface area contributed by atoms with Crippen LogP contribution in [0, 0.1) is 13.8 Å². The molecule has 0 aliphatic rings. The van der Waals surface area contributed by atoms with Gasteiger partial charge in [-0.1, -0.05) is 24.3 Å². The van der Waals surface area contributed by atoms with Gasteiger partial charge in [-0.2, -0.15) is 0 Å². The molecule has 3 heteroatoms. The largest absolute Gasteiger partial charge is 0.481 e. The first-order valence-electron chi connectivity index (χ1n) is 6.27. The van der Waals surface area contributed by atoms with Crippen LogP contribution in [0.4, 0.5) is 0 Å². The first kappa shape index (κ1) is 13.3. The Bertz CT molecular complexity index is 579. The number of rotatable bonds is 4. The van der Waals surface area contributed by atoms with E-state index in [0.717, 1.165) is 16.7 Å². The molecule has 1 aromatic heterocycles. The van der Waals surface area contributed by atoms with E-state index in [1.54, 1.807) is 12.4 Å². The van der Waals surface area contributed by atoms with Gasteiger partial charge >= 0.3 is 5.97 Å². The third-order valence-electron chi connectivity index (χ3n) is 3.39. The van der Waals surface area contributed by atoms with E-state index < -0.39 is 11.9 Å². The summed E-state index contributed by atoms with van der Waals surface area (Å²) >= 11 is 0. The summed E-state index contributed by atoms with van der Waals surface area (Å²) in [6.07, 6.45) is 3.87. The van der Waals surface area contributed by atoms with E-state index in [2.05, 4.69) is 4.98 Å². The van der Waals surface area contributed by atoms with E-state index in [9.17, 15) is 9.90 Å². The molecule has 1 unspecified atom stereocenters. The average Bonchev–Trinajstić information content (AvgIpc) is 2.40. The molecule has 1 heterocycles. The first-order valence-corrected chi connectivity index (χ1v) is 6.27. The van der Waals surface area contributed by atoms with Crippen molar-refractivity contribution in [2.75, 3.05) is 0 Å². The van der Waals surface area contributed by atoms with Crippen molar-refractivity contribution in [3.05, 3.63) is 65.0 Å². The van der Waals surface area contributed by atoms with Gasteiger partial charge in [0.2, 0.25) is 0 Å². The number of aromatic nitrogens is 1. The van der Waals surface area contributed by atoms with Crippen LogP contribution in [0.3, 0.4) is 0 Å². The number of carboxylic acids is 1. The molecule has 0 aliphatic carbocycles. The molecule has 0 saturated heterocycles. The molecule has 0 bridgehead atoms. The summed E-state index contributed by atoms with van der Waals surface area (Å²) in [4.78, 5) is 15.5. The minimum atomic E-state index is -0.799. The van der Waals surface area contributed by atoms with Crippen molar-refractivity contribution in [1.82, 2.24) is 4.98 Å². The fourth-order valence-electron chi connectivity index (χ4n) is 2.08. The highest BCUT2D eigenvalue weighted by molar-refractivity contribution is 5.76. The number of aliphatic carboxylic acids is 1. The molecule has 0 radical (unpaired) electrons. The van der Waals surface area contributed by atoms with E-state index >= 15 is 0 Å². The normalized spacial score (nSPS) is 12.1. The van der Waals surface area contributed by atoms with Gasteiger partial charge in [0, 0.05) is 12.4 Å². The smallest absolute Gasteiger partial charge is 0.311 e. The molecule has 98 valence electrons. The molecular formula is C16H17NO2. The zero-order valence-electron chi connectivity index (χ0n) is 11.1. The van der Waals surface area contributed by atoms with Crippen molar-refractivity contribution in [2.24, 2.45) is 0 Å². The van der Waals surface area contributed by atoms with E-state index in [0.29, 0.717) is 6.42 Å². The molecule has 2 aromatic rings. The van der Waals surface area contributed by atoms with Crippen LogP contribution < -0.4 is 0 Å². The number of carboxylic acid groups (broad SMARTS) is 1. The second-order valence-electron chi connectivity index (χ2n) is 4.80. The van der Waals surface area contributed by atoms with Gasteiger partial charge in [-0.25, -0.2) is 0 Å². The Balaban J connectivity index is 2.30. The number of pyridine rings is 1. The Hall–Kier alpha value is -2.16.